The molecule has 1 aliphatic heterocycles. The first-order valence-electron chi connectivity index (χ1n) is 12.7. The quantitative estimate of drug-likeness (QED) is 0.218. The predicted octanol–water partition coefficient (Wildman–Crippen LogP) is 2.06. The Balaban J connectivity index is 1.23. The average molecular weight is 523 g/mol. The van der Waals surface area contributed by atoms with Crippen molar-refractivity contribution in [2.75, 3.05) is 22.1 Å². The Hall–Kier alpha value is -4.75. The van der Waals surface area contributed by atoms with Crippen molar-refractivity contribution in [3.8, 4) is 0 Å². The lowest BCUT2D eigenvalue weighted by Crippen LogP contribution is -2.41. The van der Waals surface area contributed by atoms with Gasteiger partial charge in [-0.25, -0.2) is 9.50 Å². The maximum Gasteiger partial charge on any atom is 0.247 e. The van der Waals surface area contributed by atoms with E-state index in [1.54, 1.807) is 21.6 Å². The maximum atomic E-state index is 13.5. The maximum absolute atomic E-state index is 13.5. The molecule has 2 aliphatic rings. The van der Waals surface area contributed by atoms with E-state index in [2.05, 4.69) is 30.9 Å². The molecule has 194 valence electrons. The summed E-state index contributed by atoms with van der Waals surface area (Å²) >= 11 is 0. The second-order valence-electron chi connectivity index (χ2n) is 9.88. The van der Waals surface area contributed by atoms with Gasteiger partial charge in [-0.15, -0.1) is 5.10 Å². The molecule has 0 aromatic carbocycles. The van der Waals surface area contributed by atoms with Crippen LogP contribution in [0.15, 0.2) is 55.1 Å². The van der Waals surface area contributed by atoms with Crippen LogP contribution in [0.2, 0.25) is 0 Å². The van der Waals surface area contributed by atoms with Crippen molar-refractivity contribution >= 4 is 48.0 Å². The topological polar surface area (TPSA) is 134 Å². The van der Waals surface area contributed by atoms with E-state index in [1.807, 2.05) is 29.3 Å². The first kappa shape index (κ1) is 23.4. The number of H-pyrrole nitrogens is 1. The molecule has 0 unspecified atom stereocenters. The van der Waals surface area contributed by atoms with E-state index in [0.717, 1.165) is 24.1 Å². The minimum absolute atomic E-state index is 0.155. The number of carbonyl (C=O) groups excluding carboxylic acids is 1. The highest BCUT2D eigenvalue weighted by molar-refractivity contribution is 6.31. The lowest BCUT2D eigenvalue weighted by atomic mass is 10.0. The minimum Gasteiger partial charge on any atom is -0.325 e. The molecule has 3 N–H and O–H groups in total. The Morgan fingerprint density at radius 3 is 2.87 bits per heavy atom. The van der Waals surface area contributed by atoms with Crippen LogP contribution in [0.25, 0.3) is 5.52 Å². The number of anilines is 4. The number of hydrogen-bond acceptors (Lipinski definition) is 8. The summed E-state index contributed by atoms with van der Waals surface area (Å²) in [6.45, 7) is 0.418. The van der Waals surface area contributed by atoms with Gasteiger partial charge < -0.3 is 15.5 Å². The number of nitrogens with zero attached hydrogens (tertiary/aromatic N) is 8. The van der Waals surface area contributed by atoms with Gasteiger partial charge in [0.1, 0.15) is 19.4 Å². The number of hydrogen-bond donors (Lipinski definition) is 3. The van der Waals surface area contributed by atoms with E-state index in [-0.39, 0.29) is 11.9 Å². The number of nitrogens with one attached hydrogen (secondary N) is 3. The van der Waals surface area contributed by atoms with E-state index in [1.165, 1.54) is 18.3 Å². The van der Waals surface area contributed by atoms with Gasteiger partial charge in [0.25, 0.3) is 0 Å². The number of amides is 1. The molecule has 2 atom stereocenters. The Labute approximate surface area is 223 Å². The Morgan fingerprint density at radius 2 is 2.10 bits per heavy atom. The summed E-state index contributed by atoms with van der Waals surface area (Å²) in [5, 5.41) is 22.7. The monoisotopic (exact) mass is 523 g/mol. The highest BCUT2D eigenvalue weighted by atomic mass is 19.1. The summed E-state index contributed by atoms with van der Waals surface area (Å²) in [5.41, 5.74) is 2.80. The van der Waals surface area contributed by atoms with Crippen LogP contribution < -0.4 is 21.0 Å². The van der Waals surface area contributed by atoms with Crippen molar-refractivity contribution in [2.45, 2.75) is 37.3 Å². The predicted molar refractivity (Wildman–Crippen MR) is 142 cm³/mol. The fourth-order valence-electron chi connectivity index (χ4n) is 4.96. The van der Waals surface area contributed by atoms with Crippen LogP contribution in [-0.4, -0.2) is 65.9 Å². The standard InChI is InChI=1S/C25H23BFN11O/c26-15-10-29-38(12-15)17-8-20(24(39)30-16-5-6-21(27)28-11-16)36(13-17)25-32-23(19-2-1-7-37(19)35-25)31-22-9-18(33-34-22)14-3-4-14/h1-2,5-7,9-12,14,17,20H,3-4,8,13H2,(H,30,39)(H2,31,32,33,34,35)/t17-,20-/m0/s1. The summed E-state index contributed by atoms with van der Waals surface area (Å²) < 4.78 is 16.8. The lowest BCUT2D eigenvalue weighted by molar-refractivity contribution is -0.117. The summed E-state index contributed by atoms with van der Waals surface area (Å²) in [6, 6.07) is 7.66. The SMILES string of the molecule is [B]c1cnn([C@H]2C[C@@H](C(=O)Nc3ccc(F)nc3)N(c3nc(Nc4cc(C5CC5)[nH]n4)c4cccn4n3)C2)c1. The molecule has 7 rings (SSSR count). The van der Waals surface area contributed by atoms with Gasteiger partial charge in [-0.1, -0.05) is 5.46 Å². The van der Waals surface area contributed by atoms with Gasteiger partial charge in [0.05, 0.1) is 17.9 Å². The van der Waals surface area contributed by atoms with Crippen LogP contribution >= 0.6 is 0 Å². The summed E-state index contributed by atoms with van der Waals surface area (Å²) in [6.07, 6.45) is 9.18. The molecule has 5 aromatic heterocycles. The Kier molecular flexibility index (Phi) is 5.53. The molecule has 1 saturated carbocycles. The van der Waals surface area contributed by atoms with Crippen LogP contribution in [0.1, 0.15) is 36.9 Å². The van der Waals surface area contributed by atoms with Crippen molar-refractivity contribution in [3.05, 3.63) is 66.8 Å². The zero-order valence-electron chi connectivity index (χ0n) is 20.7. The number of halogens is 1. The zero-order chi connectivity index (χ0) is 26.5. The third kappa shape index (κ3) is 4.58. The molecule has 0 spiro atoms. The lowest BCUT2D eigenvalue weighted by Gasteiger charge is -2.24. The molecule has 0 bridgehead atoms. The molecule has 39 heavy (non-hydrogen) atoms. The Bertz CT molecular complexity index is 1660. The number of carbonyl (C=O) groups is 1. The molecule has 2 radical (unpaired) electrons. The molecule has 2 fully saturated rings. The summed E-state index contributed by atoms with van der Waals surface area (Å²) in [7, 11) is 5.91. The van der Waals surface area contributed by atoms with Gasteiger partial charge in [-0.2, -0.15) is 19.6 Å². The number of aromatic nitrogens is 8. The second-order valence-corrected chi connectivity index (χ2v) is 9.88. The highest BCUT2D eigenvalue weighted by Gasteiger charge is 2.40. The van der Waals surface area contributed by atoms with Gasteiger partial charge in [0.15, 0.2) is 11.6 Å². The molecule has 1 amide bonds. The largest absolute Gasteiger partial charge is 0.325 e. The van der Waals surface area contributed by atoms with Gasteiger partial charge in [0.2, 0.25) is 17.8 Å². The van der Waals surface area contributed by atoms with Gasteiger partial charge in [-0.3, -0.25) is 14.6 Å². The number of fused-ring (bicyclic) bond motifs is 1. The summed E-state index contributed by atoms with van der Waals surface area (Å²) in [4.78, 5) is 23.8. The molecule has 5 aromatic rings. The van der Waals surface area contributed by atoms with Crippen molar-refractivity contribution < 1.29 is 9.18 Å². The number of rotatable bonds is 7. The van der Waals surface area contributed by atoms with Gasteiger partial charge >= 0.3 is 0 Å². The van der Waals surface area contributed by atoms with Gasteiger partial charge in [0, 0.05) is 49.2 Å². The van der Waals surface area contributed by atoms with E-state index in [0.29, 0.717) is 47.6 Å². The van der Waals surface area contributed by atoms with Crippen LogP contribution in [0.3, 0.4) is 0 Å². The third-order valence-corrected chi connectivity index (χ3v) is 7.07. The van der Waals surface area contributed by atoms with Crippen LogP contribution in [0, 0.1) is 5.95 Å². The molecule has 6 heterocycles. The molecule has 1 saturated heterocycles. The van der Waals surface area contributed by atoms with E-state index < -0.39 is 12.0 Å². The smallest absolute Gasteiger partial charge is 0.247 e. The first-order chi connectivity index (χ1) is 19.0. The number of pyridine rings is 1. The van der Waals surface area contributed by atoms with Crippen molar-refractivity contribution in [1.82, 2.24) is 39.6 Å². The highest BCUT2D eigenvalue weighted by Crippen LogP contribution is 2.40. The fraction of sp³-hybridized carbons (Fsp3) is 0.280. The minimum atomic E-state index is -0.641. The molecular weight excluding hydrogens is 500 g/mol. The fourth-order valence-corrected chi connectivity index (χ4v) is 4.96. The van der Waals surface area contributed by atoms with Crippen molar-refractivity contribution in [1.29, 1.82) is 0 Å². The van der Waals surface area contributed by atoms with E-state index in [4.69, 9.17) is 17.9 Å². The molecule has 14 heteroatoms. The van der Waals surface area contributed by atoms with Gasteiger partial charge in [-0.05, 0) is 37.1 Å². The molecule has 1 aliphatic carbocycles. The molecular formula is C25H23BFN11O. The van der Waals surface area contributed by atoms with Crippen LogP contribution in [0.5, 0.6) is 0 Å². The second kappa shape index (κ2) is 9.22. The normalized spacial score (nSPS) is 19.1. The number of aromatic amines is 1. The molecule has 12 nitrogen and oxygen atoms in total. The zero-order valence-corrected chi connectivity index (χ0v) is 20.7. The van der Waals surface area contributed by atoms with Crippen LogP contribution in [0.4, 0.5) is 27.7 Å². The first-order valence-corrected chi connectivity index (χ1v) is 12.7. The van der Waals surface area contributed by atoms with E-state index >= 15 is 0 Å². The van der Waals surface area contributed by atoms with Crippen molar-refractivity contribution in [2.24, 2.45) is 0 Å². The van der Waals surface area contributed by atoms with E-state index in [9.17, 15) is 9.18 Å². The summed E-state index contributed by atoms with van der Waals surface area (Å²) in [5.74, 6) is 1.20. The van der Waals surface area contributed by atoms with Crippen LogP contribution in [-0.2, 0) is 4.79 Å². The average Bonchev–Trinajstić information content (AvgIpc) is 3.33. The van der Waals surface area contributed by atoms with Crippen molar-refractivity contribution in [3.63, 3.8) is 0 Å². The Morgan fingerprint density at radius 1 is 1.21 bits per heavy atom. The third-order valence-electron chi connectivity index (χ3n) is 7.07.